The summed E-state index contributed by atoms with van der Waals surface area (Å²) in [4.78, 5) is 14.2. The van der Waals surface area contributed by atoms with E-state index in [1.54, 1.807) is 0 Å². The summed E-state index contributed by atoms with van der Waals surface area (Å²) in [5.74, 6) is 0.300. The second-order valence-corrected chi connectivity index (χ2v) is 5.50. The zero-order valence-corrected chi connectivity index (χ0v) is 9.92. The minimum absolute atomic E-state index is 0.0418. The molecule has 0 saturated heterocycles. The predicted octanol–water partition coefficient (Wildman–Crippen LogP) is 2.69. The lowest BCUT2D eigenvalue weighted by molar-refractivity contribution is -0.119. The molecule has 0 radical (unpaired) electrons. The van der Waals surface area contributed by atoms with Crippen molar-refractivity contribution in [1.82, 2.24) is 0 Å². The SMILES string of the molecule is CC1(C)Cc2cccc3c2N1C(=O)CCC3. The number of hydrogen-bond acceptors (Lipinski definition) is 1. The molecule has 0 unspecified atom stereocenters. The van der Waals surface area contributed by atoms with Crippen molar-refractivity contribution < 1.29 is 4.79 Å². The smallest absolute Gasteiger partial charge is 0.227 e. The van der Waals surface area contributed by atoms with Crippen LogP contribution in [0.3, 0.4) is 0 Å². The Kier molecular flexibility index (Phi) is 1.91. The number of amides is 1. The zero-order chi connectivity index (χ0) is 11.3. The van der Waals surface area contributed by atoms with Gasteiger partial charge in [0.1, 0.15) is 0 Å². The number of carbonyl (C=O) groups is 1. The topological polar surface area (TPSA) is 20.3 Å². The summed E-state index contributed by atoms with van der Waals surface area (Å²) in [5, 5.41) is 0. The van der Waals surface area contributed by atoms with Gasteiger partial charge in [-0.3, -0.25) is 4.79 Å². The van der Waals surface area contributed by atoms with E-state index in [0.717, 1.165) is 19.3 Å². The molecule has 2 aliphatic rings. The van der Waals surface area contributed by atoms with E-state index in [0.29, 0.717) is 12.3 Å². The number of nitrogens with zero attached hydrogens (tertiary/aromatic N) is 1. The summed E-state index contributed by atoms with van der Waals surface area (Å²) in [5.41, 5.74) is 3.88. The van der Waals surface area contributed by atoms with Crippen LogP contribution >= 0.6 is 0 Å². The number of para-hydroxylation sites is 1. The molecule has 0 bridgehead atoms. The number of carbonyl (C=O) groups excluding carboxylic acids is 1. The number of anilines is 1. The van der Waals surface area contributed by atoms with E-state index < -0.39 is 0 Å². The highest BCUT2D eigenvalue weighted by Crippen LogP contribution is 2.43. The first kappa shape index (κ1) is 9.88. The monoisotopic (exact) mass is 215 g/mol. The van der Waals surface area contributed by atoms with Crippen LogP contribution < -0.4 is 4.90 Å². The van der Waals surface area contributed by atoms with Crippen LogP contribution in [0.4, 0.5) is 5.69 Å². The molecule has 2 heteroatoms. The van der Waals surface area contributed by atoms with Gasteiger partial charge in [0.25, 0.3) is 0 Å². The molecule has 84 valence electrons. The third-order valence-electron chi connectivity index (χ3n) is 3.74. The van der Waals surface area contributed by atoms with E-state index in [1.807, 2.05) is 4.90 Å². The summed E-state index contributed by atoms with van der Waals surface area (Å²) < 4.78 is 0. The van der Waals surface area contributed by atoms with Gasteiger partial charge in [0, 0.05) is 12.0 Å². The van der Waals surface area contributed by atoms with Gasteiger partial charge in [-0.05, 0) is 44.2 Å². The lowest BCUT2D eigenvalue weighted by Gasteiger charge is -2.32. The Bertz CT molecular complexity index is 462. The van der Waals surface area contributed by atoms with Crippen molar-refractivity contribution in [2.75, 3.05) is 4.90 Å². The van der Waals surface area contributed by atoms with Gasteiger partial charge in [-0.1, -0.05) is 18.2 Å². The summed E-state index contributed by atoms with van der Waals surface area (Å²) in [7, 11) is 0. The fourth-order valence-corrected chi connectivity index (χ4v) is 3.13. The van der Waals surface area contributed by atoms with Crippen LogP contribution in [0.1, 0.15) is 37.8 Å². The first-order valence-electron chi connectivity index (χ1n) is 6.03. The van der Waals surface area contributed by atoms with E-state index in [-0.39, 0.29) is 5.54 Å². The highest BCUT2D eigenvalue weighted by molar-refractivity contribution is 5.98. The molecule has 0 aromatic heterocycles. The number of rotatable bonds is 0. The van der Waals surface area contributed by atoms with Gasteiger partial charge < -0.3 is 4.90 Å². The molecule has 0 fully saturated rings. The Labute approximate surface area is 96.3 Å². The molecule has 3 rings (SSSR count). The second kappa shape index (κ2) is 3.09. The molecule has 1 aromatic rings. The van der Waals surface area contributed by atoms with Crippen LogP contribution in [0.5, 0.6) is 0 Å². The summed E-state index contributed by atoms with van der Waals surface area (Å²) in [6.07, 6.45) is 3.71. The number of hydrogen-bond donors (Lipinski definition) is 0. The van der Waals surface area contributed by atoms with Crippen molar-refractivity contribution in [3.05, 3.63) is 29.3 Å². The molecular weight excluding hydrogens is 198 g/mol. The fourth-order valence-electron chi connectivity index (χ4n) is 3.13. The largest absolute Gasteiger partial charge is 0.306 e. The minimum Gasteiger partial charge on any atom is -0.306 e. The third-order valence-corrected chi connectivity index (χ3v) is 3.74. The van der Waals surface area contributed by atoms with Crippen LogP contribution in [-0.2, 0) is 17.6 Å². The predicted molar refractivity (Wildman–Crippen MR) is 64.6 cm³/mol. The maximum absolute atomic E-state index is 12.2. The lowest BCUT2D eigenvalue weighted by Crippen LogP contribution is -2.45. The number of benzene rings is 1. The Morgan fingerprint density at radius 1 is 1.19 bits per heavy atom. The van der Waals surface area contributed by atoms with Crippen molar-refractivity contribution in [2.24, 2.45) is 0 Å². The van der Waals surface area contributed by atoms with Crippen LogP contribution in [0.25, 0.3) is 0 Å². The summed E-state index contributed by atoms with van der Waals surface area (Å²) >= 11 is 0. The van der Waals surface area contributed by atoms with E-state index in [9.17, 15) is 4.79 Å². The Morgan fingerprint density at radius 2 is 1.94 bits per heavy atom. The Morgan fingerprint density at radius 3 is 2.75 bits per heavy atom. The van der Waals surface area contributed by atoms with E-state index in [2.05, 4.69) is 32.0 Å². The quantitative estimate of drug-likeness (QED) is 0.651. The molecule has 16 heavy (non-hydrogen) atoms. The van der Waals surface area contributed by atoms with Gasteiger partial charge in [0.2, 0.25) is 5.91 Å². The van der Waals surface area contributed by atoms with Gasteiger partial charge in [0.15, 0.2) is 0 Å². The van der Waals surface area contributed by atoms with Crippen molar-refractivity contribution in [3.63, 3.8) is 0 Å². The first-order valence-corrected chi connectivity index (χ1v) is 6.03. The van der Waals surface area contributed by atoms with Crippen molar-refractivity contribution in [2.45, 2.75) is 45.1 Å². The van der Waals surface area contributed by atoms with Crippen molar-refractivity contribution in [3.8, 4) is 0 Å². The molecule has 0 saturated carbocycles. The van der Waals surface area contributed by atoms with Gasteiger partial charge in [-0.25, -0.2) is 0 Å². The fraction of sp³-hybridized carbons (Fsp3) is 0.500. The standard InChI is InChI=1S/C14H17NO/c1-14(2)9-11-7-3-5-10-6-4-8-12(16)15(14)13(10)11/h3,5,7H,4,6,8-9H2,1-2H3. The lowest BCUT2D eigenvalue weighted by atomic mass is 9.97. The molecule has 0 N–H and O–H groups in total. The molecule has 1 aromatic carbocycles. The molecule has 2 aliphatic heterocycles. The van der Waals surface area contributed by atoms with E-state index in [1.165, 1.54) is 16.8 Å². The van der Waals surface area contributed by atoms with E-state index in [4.69, 9.17) is 0 Å². The molecule has 2 nitrogen and oxygen atoms in total. The normalized spacial score (nSPS) is 21.9. The summed E-state index contributed by atoms with van der Waals surface area (Å²) in [6, 6.07) is 6.47. The molecule has 2 heterocycles. The average molecular weight is 215 g/mol. The maximum Gasteiger partial charge on any atom is 0.227 e. The molecule has 1 amide bonds. The average Bonchev–Trinajstić information content (AvgIpc) is 2.37. The van der Waals surface area contributed by atoms with Gasteiger partial charge in [0.05, 0.1) is 5.69 Å². The van der Waals surface area contributed by atoms with E-state index >= 15 is 0 Å². The second-order valence-electron chi connectivity index (χ2n) is 5.50. The van der Waals surface area contributed by atoms with Crippen molar-refractivity contribution >= 4 is 11.6 Å². The first-order chi connectivity index (χ1) is 7.59. The highest BCUT2D eigenvalue weighted by atomic mass is 16.2. The highest BCUT2D eigenvalue weighted by Gasteiger charge is 2.41. The van der Waals surface area contributed by atoms with Gasteiger partial charge in [-0.15, -0.1) is 0 Å². The minimum atomic E-state index is -0.0418. The van der Waals surface area contributed by atoms with Crippen LogP contribution in [-0.4, -0.2) is 11.4 Å². The molecular formula is C14H17NO. The Hall–Kier alpha value is -1.31. The number of aryl methyl sites for hydroxylation is 1. The third kappa shape index (κ3) is 1.22. The Balaban J connectivity index is 2.24. The van der Waals surface area contributed by atoms with Crippen LogP contribution in [0.15, 0.2) is 18.2 Å². The molecule has 0 atom stereocenters. The van der Waals surface area contributed by atoms with Crippen molar-refractivity contribution in [1.29, 1.82) is 0 Å². The zero-order valence-electron chi connectivity index (χ0n) is 9.92. The van der Waals surface area contributed by atoms with Crippen LogP contribution in [0.2, 0.25) is 0 Å². The molecule has 0 aliphatic carbocycles. The van der Waals surface area contributed by atoms with Gasteiger partial charge in [-0.2, -0.15) is 0 Å². The maximum atomic E-state index is 12.2. The molecule has 0 spiro atoms. The van der Waals surface area contributed by atoms with Gasteiger partial charge >= 0.3 is 0 Å². The summed E-state index contributed by atoms with van der Waals surface area (Å²) in [6.45, 7) is 4.33. The van der Waals surface area contributed by atoms with Crippen LogP contribution in [0, 0.1) is 0 Å².